The number of benzene rings is 1. The molecule has 25 heavy (non-hydrogen) atoms. The summed E-state index contributed by atoms with van der Waals surface area (Å²) < 4.78 is 27.8. The van der Waals surface area contributed by atoms with Crippen molar-refractivity contribution in [2.24, 2.45) is 4.40 Å². The lowest BCUT2D eigenvalue weighted by molar-refractivity contribution is 0.198. The number of rotatable bonds is 8. The Balaban J connectivity index is 2.85. The van der Waals surface area contributed by atoms with Crippen molar-refractivity contribution in [2.45, 2.75) is 85.2 Å². The molecule has 0 saturated carbocycles. The first kappa shape index (κ1) is 21.7. The second-order valence-corrected chi connectivity index (χ2v) is 9.71. The third kappa shape index (κ3) is 8.04. The molecule has 1 unspecified atom stereocenters. The van der Waals surface area contributed by atoms with Gasteiger partial charge < -0.3 is 9.47 Å². The molecule has 0 N–H and O–H groups in total. The maximum absolute atomic E-state index is 12.1. The van der Waals surface area contributed by atoms with Gasteiger partial charge in [-0.3, -0.25) is 0 Å². The largest absolute Gasteiger partial charge is 0.487 e. The molecule has 0 aliphatic rings. The fourth-order valence-corrected chi connectivity index (χ4v) is 2.70. The van der Waals surface area contributed by atoms with Crippen LogP contribution in [0.3, 0.4) is 0 Å². The smallest absolute Gasteiger partial charge is 0.161 e. The lowest BCUT2D eigenvalue weighted by atomic mass is 10.1. The van der Waals surface area contributed by atoms with Crippen molar-refractivity contribution in [3.8, 4) is 11.5 Å². The Morgan fingerprint density at radius 3 is 2.16 bits per heavy atom. The lowest BCUT2D eigenvalue weighted by Crippen LogP contribution is -2.20. The Hall–Kier alpha value is -1.36. The van der Waals surface area contributed by atoms with Crippen LogP contribution in [0.1, 0.15) is 67.4 Å². The van der Waals surface area contributed by atoms with Crippen LogP contribution in [-0.2, 0) is 17.4 Å². The summed E-state index contributed by atoms with van der Waals surface area (Å²) in [4.78, 5) is 0. The van der Waals surface area contributed by atoms with Crippen LogP contribution >= 0.6 is 0 Å². The van der Waals surface area contributed by atoms with Crippen molar-refractivity contribution in [1.29, 1.82) is 0 Å². The van der Waals surface area contributed by atoms with Gasteiger partial charge in [-0.05, 0) is 85.9 Å². The monoisotopic (exact) mass is 367 g/mol. The van der Waals surface area contributed by atoms with E-state index in [1.807, 2.05) is 67.5 Å². The highest BCUT2D eigenvalue weighted by Crippen LogP contribution is 2.30. The van der Waals surface area contributed by atoms with E-state index in [2.05, 4.69) is 10.5 Å². The average Bonchev–Trinajstić information content (AvgIpc) is 2.45. The van der Waals surface area contributed by atoms with Gasteiger partial charge in [0.25, 0.3) is 0 Å². The minimum absolute atomic E-state index is 0.0854. The Kier molecular flexibility index (Phi) is 8.13. The van der Waals surface area contributed by atoms with E-state index in [9.17, 15) is 4.21 Å². The molecule has 1 aromatic rings. The van der Waals surface area contributed by atoms with E-state index in [-0.39, 0.29) is 17.0 Å². The zero-order valence-corrected chi connectivity index (χ0v) is 17.7. The number of hydrogen-bond acceptors (Lipinski definition) is 3. The summed E-state index contributed by atoms with van der Waals surface area (Å²) in [5.41, 5.74) is 2.06. The van der Waals surface area contributed by atoms with Crippen LogP contribution in [0.15, 0.2) is 22.6 Å². The number of ether oxygens (including phenoxy) is 2. The van der Waals surface area contributed by atoms with Crippen LogP contribution in [0.2, 0.25) is 0 Å². The quantitative estimate of drug-likeness (QED) is 0.599. The van der Waals surface area contributed by atoms with Crippen LogP contribution in [0.25, 0.3) is 0 Å². The summed E-state index contributed by atoms with van der Waals surface area (Å²) in [5.74, 6) is 1.54. The van der Waals surface area contributed by atoms with Crippen LogP contribution in [0.5, 0.6) is 11.5 Å². The fourth-order valence-electron chi connectivity index (χ4n) is 2.05. The molecular weight excluding hydrogens is 334 g/mol. The van der Waals surface area contributed by atoms with Crippen molar-refractivity contribution in [3.05, 3.63) is 23.8 Å². The molecule has 0 aliphatic carbocycles. The number of hydrogen-bond donors (Lipinski definition) is 0. The van der Waals surface area contributed by atoms with Gasteiger partial charge >= 0.3 is 0 Å². The number of aryl methyl sites for hydroxylation is 1. The molecule has 0 radical (unpaired) electrons. The summed E-state index contributed by atoms with van der Waals surface area (Å²) in [6, 6.07) is 6.05. The molecule has 142 valence electrons. The standard InChI is InChI=1S/C20H33NO3S/c1-14(2)23-18-12-11-17(13-19(18)24-15(3)4)10-9-16(5)21-25(22)20(6,7)8/h11-15H,9-10H2,1-8H3. The highest BCUT2D eigenvalue weighted by Gasteiger charge is 2.19. The average molecular weight is 368 g/mol. The Morgan fingerprint density at radius 2 is 1.64 bits per heavy atom. The molecule has 0 saturated heterocycles. The summed E-state index contributed by atoms with van der Waals surface area (Å²) in [6.45, 7) is 15.7. The molecule has 0 bridgehead atoms. The molecular formula is C20H33NO3S. The Bertz CT molecular complexity index is 616. The molecule has 0 aliphatic heterocycles. The minimum Gasteiger partial charge on any atom is -0.487 e. The van der Waals surface area contributed by atoms with E-state index < -0.39 is 11.0 Å². The van der Waals surface area contributed by atoms with Crippen LogP contribution in [0, 0.1) is 0 Å². The van der Waals surface area contributed by atoms with Crippen LogP contribution in [0.4, 0.5) is 0 Å². The molecule has 0 spiro atoms. The topological polar surface area (TPSA) is 47.9 Å². The Morgan fingerprint density at radius 1 is 1.08 bits per heavy atom. The van der Waals surface area contributed by atoms with Gasteiger partial charge in [0.2, 0.25) is 0 Å². The maximum Gasteiger partial charge on any atom is 0.161 e. The van der Waals surface area contributed by atoms with Crippen molar-refractivity contribution in [3.63, 3.8) is 0 Å². The molecule has 0 amide bonds. The summed E-state index contributed by atoms with van der Waals surface area (Å²) >= 11 is 0. The molecule has 0 heterocycles. The molecule has 1 rings (SSSR count). The van der Waals surface area contributed by atoms with E-state index in [0.717, 1.165) is 35.6 Å². The SMILES string of the molecule is CC(CCc1ccc(OC(C)C)c(OC(C)C)c1)=NS(=O)C(C)(C)C. The first-order valence-corrected chi connectivity index (χ1v) is 10.0. The second kappa shape index (κ2) is 9.37. The molecule has 1 aromatic carbocycles. The first-order valence-electron chi connectivity index (χ1n) is 8.91. The zero-order valence-electron chi connectivity index (χ0n) is 16.9. The maximum atomic E-state index is 12.1. The lowest BCUT2D eigenvalue weighted by Gasteiger charge is -2.18. The van der Waals surface area contributed by atoms with Crippen molar-refractivity contribution in [1.82, 2.24) is 0 Å². The summed E-state index contributed by atoms with van der Waals surface area (Å²) in [5, 5.41) is 0. The summed E-state index contributed by atoms with van der Waals surface area (Å²) in [6.07, 6.45) is 1.78. The Labute approximate surface area is 155 Å². The zero-order chi connectivity index (χ0) is 19.2. The van der Waals surface area contributed by atoms with Crippen molar-refractivity contribution in [2.75, 3.05) is 0 Å². The van der Waals surface area contributed by atoms with E-state index >= 15 is 0 Å². The van der Waals surface area contributed by atoms with Gasteiger partial charge in [-0.15, -0.1) is 0 Å². The predicted molar refractivity (Wildman–Crippen MR) is 107 cm³/mol. The third-order valence-corrected chi connectivity index (χ3v) is 4.80. The van der Waals surface area contributed by atoms with Crippen LogP contribution < -0.4 is 9.47 Å². The van der Waals surface area contributed by atoms with Crippen molar-refractivity contribution < 1.29 is 13.7 Å². The number of nitrogens with zero attached hydrogens (tertiary/aromatic N) is 1. The van der Waals surface area contributed by atoms with Gasteiger partial charge in [0.05, 0.1) is 17.0 Å². The van der Waals surface area contributed by atoms with E-state index in [0.29, 0.717) is 0 Å². The molecule has 0 aromatic heterocycles. The molecule has 4 nitrogen and oxygen atoms in total. The predicted octanol–water partition coefficient (Wildman–Crippen LogP) is 5.12. The highest BCUT2D eigenvalue weighted by atomic mass is 32.2. The van der Waals surface area contributed by atoms with Gasteiger partial charge in [0, 0.05) is 5.71 Å². The molecule has 5 heteroatoms. The molecule has 0 fully saturated rings. The van der Waals surface area contributed by atoms with Gasteiger partial charge in [0.15, 0.2) is 11.5 Å². The van der Waals surface area contributed by atoms with Crippen LogP contribution in [-0.4, -0.2) is 26.9 Å². The van der Waals surface area contributed by atoms with Gasteiger partial charge in [0.1, 0.15) is 11.0 Å². The van der Waals surface area contributed by atoms with E-state index in [4.69, 9.17) is 9.47 Å². The van der Waals surface area contributed by atoms with Gasteiger partial charge in [-0.2, -0.15) is 4.40 Å². The van der Waals surface area contributed by atoms with Gasteiger partial charge in [-0.25, -0.2) is 4.21 Å². The van der Waals surface area contributed by atoms with Gasteiger partial charge in [-0.1, -0.05) is 6.07 Å². The minimum atomic E-state index is -1.20. The van der Waals surface area contributed by atoms with E-state index in [1.165, 1.54) is 0 Å². The summed E-state index contributed by atoms with van der Waals surface area (Å²) in [7, 11) is -1.20. The fraction of sp³-hybridized carbons (Fsp3) is 0.650. The third-order valence-electron chi connectivity index (χ3n) is 3.27. The molecule has 1 atom stereocenters. The second-order valence-electron chi connectivity index (χ2n) is 7.80. The normalized spacial score (nSPS) is 14.1. The van der Waals surface area contributed by atoms with Crippen molar-refractivity contribution >= 4 is 16.7 Å². The highest BCUT2D eigenvalue weighted by molar-refractivity contribution is 7.85. The first-order chi connectivity index (χ1) is 11.5. The van der Waals surface area contributed by atoms with E-state index in [1.54, 1.807) is 0 Å².